The highest BCUT2D eigenvalue weighted by atomic mass is 16.4. The van der Waals surface area contributed by atoms with Gasteiger partial charge in [-0.05, 0) is 19.1 Å². The molecule has 1 rings (SSSR count). The molecular weight excluding hydrogens is 240 g/mol. The van der Waals surface area contributed by atoms with Gasteiger partial charge >= 0.3 is 12.0 Å². The van der Waals surface area contributed by atoms with Crippen molar-refractivity contribution in [3.05, 3.63) is 24.2 Å². The molecule has 0 saturated carbocycles. The summed E-state index contributed by atoms with van der Waals surface area (Å²) in [6.45, 7) is 1.39. The lowest BCUT2D eigenvalue weighted by atomic mass is 10.2. The normalized spacial score (nSPS) is 13.7. The Morgan fingerprint density at radius 3 is 2.67 bits per heavy atom. The second-order valence-electron chi connectivity index (χ2n) is 3.76. The number of aliphatic carboxylic acids is 1. The molecule has 7 nitrogen and oxygen atoms in total. The van der Waals surface area contributed by atoms with Gasteiger partial charge in [-0.3, -0.25) is 0 Å². The van der Waals surface area contributed by atoms with E-state index >= 15 is 0 Å². The van der Waals surface area contributed by atoms with Gasteiger partial charge in [0, 0.05) is 13.0 Å². The molecule has 2 amide bonds. The number of hydrogen-bond acceptors (Lipinski definition) is 4. The maximum absolute atomic E-state index is 11.5. The summed E-state index contributed by atoms with van der Waals surface area (Å²) in [6.07, 6.45) is 1.44. The van der Waals surface area contributed by atoms with Crippen LogP contribution in [0, 0.1) is 0 Å². The number of amides is 2. The maximum atomic E-state index is 11.5. The number of carboxylic acids is 1. The van der Waals surface area contributed by atoms with Crippen LogP contribution in [0.4, 0.5) is 4.79 Å². The molecule has 0 saturated heterocycles. The number of rotatable bonds is 6. The van der Waals surface area contributed by atoms with Crippen LogP contribution in [0.2, 0.25) is 0 Å². The first-order chi connectivity index (χ1) is 8.54. The quantitative estimate of drug-likeness (QED) is 0.591. The number of nitrogens with one attached hydrogen (secondary N) is 2. The van der Waals surface area contributed by atoms with Crippen LogP contribution < -0.4 is 10.6 Å². The van der Waals surface area contributed by atoms with Crippen molar-refractivity contribution in [1.29, 1.82) is 0 Å². The van der Waals surface area contributed by atoms with E-state index in [1.54, 1.807) is 19.1 Å². The van der Waals surface area contributed by atoms with E-state index in [9.17, 15) is 9.59 Å². The van der Waals surface area contributed by atoms with E-state index in [1.165, 1.54) is 6.26 Å². The van der Waals surface area contributed by atoms with Crippen LogP contribution in [0.5, 0.6) is 0 Å². The highest BCUT2D eigenvalue weighted by molar-refractivity contribution is 5.82. The number of hydrogen-bond donors (Lipinski definition) is 4. The second kappa shape index (κ2) is 6.65. The first kappa shape index (κ1) is 14.0. The second-order valence-corrected chi connectivity index (χ2v) is 3.76. The third-order valence-corrected chi connectivity index (χ3v) is 2.34. The fraction of sp³-hybridized carbons (Fsp3) is 0.455. The summed E-state index contributed by atoms with van der Waals surface area (Å²) in [4.78, 5) is 22.3. The molecule has 1 unspecified atom stereocenters. The van der Waals surface area contributed by atoms with Gasteiger partial charge in [0.15, 0.2) is 0 Å². The standard InChI is InChI=1S/C11H16N2O5/c1-7(9-3-2-6-18-9)12-11(17)13-8(4-5-14)10(15)16/h2-3,6-8,14H,4-5H2,1H3,(H,15,16)(H2,12,13,17)/t7?,8-/m0/s1. The Hall–Kier alpha value is -2.02. The lowest BCUT2D eigenvalue weighted by molar-refractivity contribution is -0.139. The van der Waals surface area contributed by atoms with Gasteiger partial charge in [-0.2, -0.15) is 0 Å². The van der Waals surface area contributed by atoms with Crippen LogP contribution >= 0.6 is 0 Å². The molecule has 0 aliphatic heterocycles. The molecule has 100 valence electrons. The summed E-state index contributed by atoms with van der Waals surface area (Å²) in [6, 6.07) is 1.28. The van der Waals surface area contributed by atoms with Crippen LogP contribution in [0.3, 0.4) is 0 Å². The average molecular weight is 256 g/mol. The average Bonchev–Trinajstić information content (AvgIpc) is 2.81. The minimum Gasteiger partial charge on any atom is -0.480 e. The summed E-state index contributed by atoms with van der Waals surface area (Å²) in [5.74, 6) is -0.621. The Labute approximate surface area is 104 Å². The molecule has 4 N–H and O–H groups in total. The molecule has 0 bridgehead atoms. The summed E-state index contributed by atoms with van der Waals surface area (Å²) in [5.41, 5.74) is 0. The summed E-state index contributed by atoms with van der Waals surface area (Å²) >= 11 is 0. The topological polar surface area (TPSA) is 112 Å². The van der Waals surface area contributed by atoms with Crippen molar-refractivity contribution in [3.8, 4) is 0 Å². The molecule has 0 aliphatic rings. The molecule has 7 heteroatoms. The van der Waals surface area contributed by atoms with E-state index in [-0.39, 0.29) is 19.1 Å². The smallest absolute Gasteiger partial charge is 0.326 e. The molecule has 2 atom stereocenters. The number of aliphatic hydroxyl groups excluding tert-OH is 1. The Balaban J connectivity index is 2.47. The zero-order valence-corrected chi connectivity index (χ0v) is 9.92. The van der Waals surface area contributed by atoms with Gasteiger partial charge in [-0.15, -0.1) is 0 Å². The molecule has 18 heavy (non-hydrogen) atoms. The van der Waals surface area contributed by atoms with Crippen molar-refractivity contribution in [2.75, 3.05) is 6.61 Å². The molecule has 0 aromatic carbocycles. The maximum Gasteiger partial charge on any atom is 0.326 e. The van der Waals surface area contributed by atoms with Gasteiger partial charge in [0.25, 0.3) is 0 Å². The minimum absolute atomic E-state index is 0.0438. The number of carbonyl (C=O) groups excluding carboxylic acids is 1. The highest BCUT2D eigenvalue weighted by Crippen LogP contribution is 2.11. The van der Waals surface area contributed by atoms with E-state index < -0.39 is 18.0 Å². The van der Waals surface area contributed by atoms with Gasteiger partial charge < -0.3 is 25.3 Å². The van der Waals surface area contributed by atoms with E-state index in [1.807, 2.05) is 0 Å². The zero-order chi connectivity index (χ0) is 13.5. The minimum atomic E-state index is -1.19. The van der Waals surface area contributed by atoms with Crippen LogP contribution in [0.15, 0.2) is 22.8 Å². The Kier molecular flexibility index (Phi) is 5.19. The molecule has 0 spiro atoms. The lowest BCUT2D eigenvalue weighted by Gasteiger charge is -2.16. The lowest BCUT2D eigenvalue weighted by Crippen LogP contribution is -2.46. The molecule has 1 aromatic heterocycles. The zero-order valence-electron chi connectivity index (χ0n) is 9.92. The first-order valence-corrected chi connectivity index (χ1v) is 5.48. The SMILES string of the molecule is CC(NC(=O)N[C@@H](CCO)C(=O)O)c1ccco1. The molecule has 0 radical (unpaired) electrons. The molecular formula is C11H16N2O5. The Morgan fingerprint density at radius 1 is 1.44 bits per heavy atom. The largest absolute Gasteiger partial charge is 0.480 e. The Bertz CT molecular complexity index is 390. The number of urea groups is 1. The first-order valence-electron chi connectivity index (χ1n) is 5.48. The van der Waals surface area contributed by atoms with Gasteiger partial charge in [-0.25, -0.2) is 9.59 Å². The van der Waals surface area contributed by atoms with Crippen LogP contribution in [0.1, 0.15) is 25.1 Å². The summed E-state index contributed by atoms with van der Waals surface area (Å²) in [5, 5.41) is 22.3. The van der Waals surface area contributed by atoms with Gasteiger partial charge in [0.2, 0.25) is 0 Å². The fourth-order valence-electron chi connectivity index (χ4n) is 1.39. The highest BCUT2D eigenvalue weighted by Gasteiger charge is 2.20. The van der Waals surface area contributed by atoms with Crippen molar-refractivity contribution in [2.24, 2.45) is 0 Å². The van der Waals surface area contributed by atoms with Crippen LogP contribution in [0.25, 0.3) is 0 Å². The Morgan fingerprint density at radius 2 is 2.17 bits per heavy atom. The van der Waals surface area contributed by atoms with E-state index in [2.05, 4.69) is 10.6 Å². The van der Waals surface area contributed by atoms with Gasteiger partial charge in [-0.1, -0.05) is 0 Å². The number of carbonyl (C=O) groups is 2. The molecule has 0 aliphatic carbocycles. The van der Waals surface area contributed by atoms with E-state index in [4.69, 9.17) is 14.6 Å². The van der Waals surface area contributed by atoms with Crippen molar-refractivity contribution < 1.29 is 24.2 Å². The van der Waals surface area contributed by atoms with Crippen molar-refractivity contribution >= 4 is 12.0 Å². The predicted octanol–water partition coefficient (Wildman–Crippen LogP) is 0.475. The van der Waals surface area contributed by atoms with Crippen molar-refractivity contribution in [2.45, 2.75) is 25.4 Å². The molecule has 0 fully saturated rings. The third-order valence-electron chi connectivity index (χ3n) is 2.34. The summed E-state index contributed by atoms with van der Waals surface area (Å²) in [7, 11) is 0. The fourth-order valence-corrected chi connectivity index (χ4v) is 1.39. The summed E-state index contributed by atoms with van der Waals surface area (Å²) < 4.78 is 5.10. The van der Waals surface area contributed by atoms with E-state index in [0.717, 1.165) is 0 Å². The van der Waals surface area contributed by atoms with Crippen molar-refractivity contribution in [3.63, 3.8) is 0 Å². The molecule has 1 heterocycles. The van der Waals surface area contributed by atoms with Gasteiger partial charge in [0.1, 0.15) is 11.8 Å². The third kappa shape index (κ3) is 4.10. The van der Waals surface area contributed by atoms with Crippen LogP contribution in [-0.4, -0.2) is 34.9 Å². The predicted molar refractivity (Wildman–Crippen MR) is 61.9 cm³/mol. The monoisotopic (exact) mass is 256 g/mol. The number of furan rings is 1. The number of aliphatic hydroxyl groups is 1. The number of carboxylic acid groups (broad SMARTS) is 1. The van der Waals surface area contributed by atoms with Gasteiger partial charge in [0.05, 0.1) is 12.3 Å². The van der Waals surface area contributed by atoms with E-state index in [0.29, 0.717) is 5.76 Å². The van der Waals surface area contributed by atoms with Crippen molar-refractivity contribution in [1.82, 2.24) is 10.6 Å². The molecule has 1 aromatic rings. The van der Waals surface area contributed by atoms with Crippen LogP contribution in [-0.2, 0) is 4.79 Å².